The number of likely N-dealkylation sites (tertiary alicyclic amines) is 1. The monoisotopic (exact) mass is 554 g/mol. The van der Waals surface area contributed by atoms with E-state index in [1.807, 2.05) is 20.8 Å². The van der Waals surface area contributed by atoms with Gasteiger partial charge in [-0.05, 0) is 39.3 Å². The third-order valence-corrected chi connectivity index (χ3v) is 7.12. The van der Waals surface area contributed by atoms with Gasteiger partial charge in [0.05, 0.1) is 24.2 Å². The quantitative estimate of drug-likeness (QED) is 0.457. The molecule has 1 aliphatic rings. The van der Waals surface area contributed by atoms with Gasteiger partial charge in [-0.25, -0.2) is 19.4 Å². The molecule has 0 radical (unpaired) electrons. The van der Waals surface area contributed by atoms with Crippen molar-refractivity contribution in [3.63, 3.8) is 0 Å². The Morgan fingerprint density at radius 3 is 2.47 bits per heavy atom. The summed E-state index contributed by atoms with van der Waals surface area (Å²) in [6.07, 6.45) is -5.39. The normalized spacial score (nSPS) is 15.8. The van der Waals surface area contributed by atoms with E-state index >= 15 is 0 Å². The van der Waals surface area contributed by atoms with Gasteiger partial charge in [-0.3, -0.25) is 4.79 Å². The van der Waals surface area contributed by atoms with E-state index in [0.717, 1.165) is 23.6 Å². The summed E-state index contributed by atoms with van der Waals surface area (Å²) in [6, 6.07) is 1.41. The summed E-state index contributed by atoms with van der Waals surface area (Å²) in [5, 5.41) is 5.74. The Labute approximate surface area is 220 Å². The van der Waals surface area contributed by atoms with Crippen molar-refractivity contribution in [2.45, 2.75) is 51.9 Å². The van der Waals surface area contributed by atoms with Crippen LogP contribution < -0.4 is 10.5 Å². The summed E-state index contributed by atoms with van der Waals surface area (Å²) in [4.78, 5) is 33.4. The Kier molecular flexibility index (Phi) is 7.17. The molecule has 0 spiro atoms. The number of benzene rings is 1. The molecule has 1 fully saturated rings. The number of carbonyl (C=O) groups is 2. The maximum atomic E-state index is 12.6. The Balaban J connectivity index is 1.63. The van der Waals surface area contributed by atoms with Gasteiger partial charge in [-0.15, -0.1) is 0 Å². The molecule has 3 heterocycles. The van der Waals surface area contributed by atoms with Gasteiger partial charge < -0.3 is 20.1 Å². The summed E-state index contributed by atoms with van der Waals surface area (Å²) < 4.78 is 49.3. The fourth-order valence-electron chi connectivity index (χ4n) is 4.74. The number of amides is 1. The number of nitrogens with zero attached hydrogens (tertiary/aromatic N) is 5. The molecule has 14 heteroatoms. The molecule has 2 unspecified atom stereocenters. The number of aromatic nitrogens is 4. The second kappa shape index (κ2) is 9.93. The number of halogens is 4. The fourth-order valence-corrected chi connectivity index (χ4v) is 4.96. The van der Waals surface area contributed by atoms with E-state index in [2.05, 4.69) is 19.8 Å². The Hall–Kier alpha value is -3.61. The number of alkyl halides is 3. The van der Waals surface area contributed by atoms with Crippen LogP contribution in [0.2, 0.25) is 5.02 Å². The van der Waals surface area contributed by atoms with Crippen molar-refractivity contribution < 1.29 is 32.2 Å². The van der Waals surface area contributed by atoms with Gasteiger partial charge in [0.25, 0.3) is 5.91 Å². The van der Waals surface area contributed by atoms with Crippen LogP contribution in [-0.2, 0) is 14.3 Å². The molecular weight excluding hydrogens is 529 g/mol. The molecule has 1 aromatic carbocycles. The van der Waals surface area contributed by atoms with Gasteiger partial charge in [-0.1, -0.05) is 11.6 Å². The van der Waals surface area contributed by atoms with Gasteiger partial charge in [0.2, 0.25) is 0 Å². The van der Waals surface area contributed by atoms with Crippen molar-refractivity contribution in [1.29, 1.82) is 0 Å². The van der Waals surface area contributed by atoms with E-state index in [-0.39, 0.29) is 25.0 Å². The highest BCUT2D eigenvalue weighted by atomic mass is 35.5. The SMILES string of the molecule is COc1c(C(C)n2nc(C)c3c(N)ncnc32)cc(Cl)c(C)c1C1CN(C(=O)C(C)OC(=O)C(F)(F)F)C1. The van der Waals surface area contributed by atoms with Crippen LogP contribution >= 0.6 is 11.6 Å². The zero-order valence-corrected chi connectivity index (χ0v) is 22.0. The zero-order valence-electron chi connectivity index (χ0n) is 21.3. The molecule has 0 bridgehead atoms. The lowest BCUT2D eigenvalue weighted by atomic mass is 9.85. The first-order valence-electron chi connectivity index (χ1n) is 11.6. The number of carbonyl (C=O) groups excluding carboxylic acids is 2. The molecule has 2 atom stereocenters. The maximum Gasteiger partial charge on any atom is 0.490 e. The van der Waals surface area contributed by atoms with Crippen molar-refractivity contribution in [3.05, 3.63) is 39.8 Å². The maximum absolute atomic E-state index is 12.6. The summed E-state index contributed by atoms with van der Waals surface area (Å²) >= 11 is 6.63. The number of esters is 1. The molecule has 2 aromatic heterocycles. The van der Waals surface area contributed by atoms with E-state index in [1.165, 1.54) is 18.3 Å². The first kappa shape index (κ1) is 27.4. The summed E-state index contributed by atoms with van der Waals surface area (Å²) in [6.45, 7) is 7.02. The second-order valence-corrected chi connectivity index (χ2v) is 9.58. The lowest BCUT2D eigenvalue weighted by Crippen LogP contribution is -2.53. The summed E-state index contributed by atoms with van der Waals surface area (Å²) in [7, 11) is 1.52. The Morgan fingerprint density at radius 1 is 1.21 bits per heavy atom. The molecule has 0 aliphatic carbocycles. The number of nitrogen functional groups attached to an aromatic ring is 1. The van der Waals surface area contributed by atoms with E-state index in [0.29, 0.717) is 33.3 Å². The minimum Gasteiger partial charge on any atom is -0.496 e. The number of aryl methyl sites for hydroxylation is 1. The van der Waals surface area contributed by atoms with Crippen LogP contribution in [0.15, 0.2) is 12.4 Å². The van der Waals surface area contributed by atoms with Crippen molar-refractivity contribution in [2.24, 2.45) is 0 Å². The van der Waals surface area contributed by atoms with Crippen LogP contribution in [0.25, 0.3) is 11.0 Å². The van der Waals surface area contributed by atoms with Gasteiger partial charge in [0.15, 0.2) is 11.8 Å². The summed E-state index contributed by atoms with van der Waals surface area (Å²) in [5.74, 6) is -2.47. The predicted octanol–water partition coefficient (Wildman–Crippen LogP) is 3.72. The number of rotatable bonds is 6. The number of anilines is 1. The largest absolute Gasteiger partial charge is 0.496 e. The minimum absolute atomic E-state index is 0.186. The molecule has 2 N–H and O–H groups in total. The summed E-state index contributed by atoms with van der Waals surface area (Å²) in [5.41, 5.74) is 9.49. The van der Waals surface area contributed by atoms with Gasteiger partial charge in [0.1, 0.15) is 17.9 Å². The van der Waals surface area contributed by atoms with Crippen molar-refractivity contribution in [3.8, 4) is 5.75 Å². The topological polar surface area (TPSA) is 125 Å². The van der Waals surface area contributed by atoms with E-state index in [1.54, 1.807) is 10.7 Å². The van der Waals surface area contributed by atoms with Crippen LogP contribution in [0.4, 0.5) is 19.0 Å². The Bertz CT molecular complexity index is 1420. The number of methoxy groups -OCH3 is 1. The average Bonchev–Trinajstić information content (AvgIpc) is 3.16. The first-order chi connectivity index (χ1) is 17.8. The molecule has 1 saturated heterocycles. The fraction of sp³-hybridized carbons (Fsp3) is 0.458. The highest BCUT2D eigenvalue weighted by molar-refractivity contribution is 6.31. The smallest absolute Gasteiger partial charge is 0.490 e. The van der Waals surface area contributed by atoms with Gasteiger partial charge >= 0.3 is 12.1 Å². The standard InChI is InChI=1S/C24H26ClF3N6O4/c1-10-16(25)6-15(12(3)34-21-18(11(2)32-34)20(29)30-9-31-21)19(37-5)17(10)14-7-33(8-14)22(35)13(4)38-23(36)24(26,27)28/h6,9,12-14H,7-8H2,1-5H3,(H2,29,30,31). The second-order valence-electron chi connectivity index (χ2n) is 9.17. The highest BCUT2D eigenvalue weighted by Gasteiger charge is 2.44. The zero-order chi connectivity index (χ0) is 28.1. The number of ether oxygens (including phenoxy) is 2. The van der Waals surface area contributed by atoms with Crippen molar-refractivity contribution in [1.82, 2.24) is 24.6 Å². The van der Waals surface area contributed by atoms with E-state index in [4.69, 9.17) is 22.1 Å². The van der Waals surface area contributed by atoms with Crippen LogP contribution in [0.1, 0.15) is 48.2 Å². The number of hydrogen-bond donors (Lipinski definition) is 1. The first-order valence-corrected chi connectivity index (χ1v) is 12.0. The molecule has 204 valence electrons. The predicted molar refractivity (Wildman–Crippen MR) is 132 cm³/mol. The number of hydrogen-bond acceptors (Lipinski definition) is 8. The van der Waals surface area contributed by atoms with Crippen molar-refractivity contribution in [2.75, 3.05) is 25.9 Å². The van der Waals surface area contributed by atoms with E-state index < -0.39 is 24.2 Å². The number of fused-ring (bicyclic) bond motifs is 1. The minimum atomic E-state index is -5.18. The van der Waals surface area contributed by atoms with Crippen LogP contribution in [0, 0.1) is 13.8 Å². The molecule has 4 rings (SSSR count). The molecule has 3 aromatic rings. The highest BCUT2D eigenvalue weighted by Crippen LogP contribution is 2.44. The van der Waals surface area contributed by atoms with Crippen LogP contribution in [-0.4, -0.2) is 69.0 Å². The van der Waals surface area contributed by atoms with Crippen LogP contribution in [0.3, 0.4) is 0 Å². The molecule has 0 saturated carbocycles. The van der Waals surface area contributed by atoms with Gasteiger partial charge in [0, 0.05) is 35.2 Å². The lowest BCUT2D eigenvalue weighted by Gasteiger charge is -2.42. The molecule has 38 heavy (non-hydrogen) atoms. The molecule has 1 amide bonds. The van der Waals surface area contributed by atoms with Crippen molar-refractivity contribution >= 4 is 40.3 Å². The third-order valence-electron chi connectivity index (χ3n) is 6.73. The molecule has 10 nitrogen and oxygen atoms in total. The van der Waals surface area contributed by atoms with Gasteiger partial charge in [-0.2, -0.15) is 18.3 Å². The third kappa shape index (κ3) is 4.70. The van der Waals surface area contributed by atoms with E-state index in [9.17, 15) is 22.8 Å². The van der Waals surface area contributed by atoms with Crippen LogP contribution in [0.5, 0.6) is 5.75 Å². The number of nitrogens with two attached hydrogens (primary N) is 1. The molecular formula is C24H26ClF3N6O4. The Morgan fingerprint density at radius 2 is 1.87 bits per heavy atom. The lowest BCUT2D eigenvalue weighted by molar-refractivity contribution is -0.206. The molecule has 1 aliphatic heterocycles. The average molecular weight is 555 g/mol.